The topological polar surface area (TPSA) is 38.5 Å². The summed E-state index contributed by atoms with van der Waals surface area (Å²) in [5.74, 6) is 1.41. The van der Waals surface area contributed by atoms with Gasteiger partial charge in [-0.3, -0.25) is 4.90 Å². The largest absolute Gasteiger partial charge is 0.380 e. The van der Waals surface area contributed by atoms with Crippen LogP contribution in [0.1, 0.15) is 45.4 Å². The van der Waals surface area contributed by atoms with Crippen molar-refractivity contribution in [2.75, 3.05) is 26.7 Å². The highest BCUT2D eigenvalue weighted by Crippen LogP contribution is 2.30. The molecule has 1 saturated carbocycles. The Hall–Kier alpha value is -0.120. The summed E-state index contributed by atoms with van der Waals surface area (Å²) in [4.78, 5) is 2.68. The van der Waals surface area contributed by atoms with E-state index in [1.165, 1.54) is 45.1 Å². The van der Waals surface area contributed by atoms with Crippen molar-refractivity contribution in [3.63, 3.8) is 0 Å². The van der Waals surface area contributed by atoms with Gasteiger partial charge >= 0.3 is 0 Å². The van der Waals surface area contributed by atoms with Crippen LogP contribution in [0.25, 0.3) is 0 Å². The predicted octanol–water partition coefficient (Wildman–Crippen LogP) is 2.25. The Morgan fingerprint density at radius 3 is 2.67 bits per heavy atom. The number of nitrogens with two attached hydrogens (primary N) is 1. The lowest BCUT2D eigenvalue weighted by atomic mass is 9.89. The lowest BCUT2D eigenvalue weighted by Crippen LogP contribution is -2.51. The Morgan fingerprint density at radius 1 is 1.17 bits per heavy atom. The lowest BCUT2D eigenvalue weighted by molar-refractivity contribution is -0.0287. The van der Waals surface area contributed by atoms with Crippen molar-refractivity contribution < 1.29 is 4.74 Å². The van der Waals surface area contributed by atoms with E-state index >= 15 is 0 Å². The van der Waals surface area contributed by atoms with Gasteiger partial charge in [0, 0.05) is 19.7 Å². The van der Waals surface area contributed by atoms with Gasteiger partial charge < -0.3 is 10.5 Å². The normalized spacial score (nSPS) is 39.5. The first-order valence-corrected chi connectivity index (χ1v) is 7.73. The quantitative estimate of drug-likeness (QED) is 0.785. The molecule has 1 aliphatic heterocycles. The van der Waals surface area contributed by atoms with Gasteiger partial charge in [0.25, 0.3) is 0 Å². The summed E-state index contributed by atoms with van der Waals surface area (Å²) in [5, 5.41) is 0. The van der Waals surface area contributed by atoms with E-state index in [0.717, 1.165) is 13.1 Å². The van der Waals surface area contributed by atoms with E-state index in [9.17, 15) is 0 Å². The van der Waals surface area contributed by atoms with Crippen molar-refractivity contribution in [3.8, 4) is 0 Å². The van der Waals surface area contributed by atoms with Gasteiger partial charge in [0.2, 0.25) is 0 Å². The summed E-state index contributed by atoms with van der Waals surface area (Å²) in [5.41, 5.74) is 6.01. The van der Waals surface area contributed by atoms with E-state index in [0.29, 0.717) is 24.0 Å². The fourth-order valence-electron chi connectivity index (χ4n) is 3.79. The average molecular weight is 254 g/mol. The highest BCUT2D eigenvalue weighted by atomic mass is 16.5. The molecular weight excluding hydrogens is 224 g/mol. The summed E-state index contributed by atoms with van der Waals surface area (Å²) >= 11 is 0. The summed E-state index contributed by atoms with van der Waals surface area (Å²) in [6, 6.07) is 0.711. The van der Waals surface area contributed by atoms with Crippen LogP contribution in [0.5, 0.6) is 0 Å². The summed E-state index contributed by atoms with van der Waals surface area (Å²) in [6.07, 6.45) is 8.50. The molecule has 1 aliphatic carbocycles. The highest BCUT2D eigenvalue weighted by Gasteiger charge is 2.33. The van der Waals surface area contributed by atoms with Crippen molar-refractivity contribution in [2.24, 2.45) is 17.6 Å². The molecule has 3 nitrogen and oxygen atoms in total. The third kappa shape index (κ3) is 3.25. The second-order valence-electron chi connectivity index (χ2n) is 6.24. The summed E-state index contributed by atoms with van der Waals surface area (Å²) in [6.45, 7) is 5.52. The molecule has 2 rings (SSSR count). The molecule has 0 spiro atoms. The molecule has 0 bridgehead atoms. The molecule has 0 radical (unpaired) electrons. The van der Waals surface area contributed by atoms with Gasteiger partial charge in [0.15, 0.2) is 0 Å². The maximum atomic E-state index is 6.01. The maximum absolute atomic E-state index is 6.01. The smallest absolute Gasteiger partial charge is 0.0724 e. The van der Waals surface area contributed by atoms with Gasteiger partial charge in [-0.25, -0.2) is 0 Å². The lowest BCUT2D eigenvalue weighted by Gasteiger charge is -2.43. The van der Waals surface area contributed by atoms with Crippen LogP contribution in [0.2, 0.25) is 0 Å². The van der Waals surface area contributed by atoms with Crippen molar-refractivity contribution >= 4 is 0 Å². The van der Waals surface area contributed by atoms with Crippen LogP contribution in [-0.4, -0.2) is 43.8 Å². The van der Waals surface area contributed by atoms with Gasteiger partial charge in [-0.15, -0.1) is 0 Å². The van der Waals surface area contributed by atoms with Gasteiger partial charge in [0.1, 0.15) is 0 Å². The van der Waals surface area contributed by atoms with E-state index < -0.39 is 0 Å². The van der Waals surface area contributed by atoms with Crippen LogP contribution < -0.4 is 5.73 Å². The third-order valence-corrected chi connectivity index (χ3v) is 5.11. The number of ether oxygens (including phenoxy) is 1. The summed E-state index contributed by atoms with van der Waals surface area (Å²) in [7, 11) is 1.86. The fraction of sp³-hybridized carbons (Fsp3) is 1.00. The molecule has 4 atom stereocenters. The minimum atomic E-state index is 0.417. The Balaban J connectivity index is 1.99. The molecule has 18 heavy (non-hydrogen) atoms. The number of nitrogens with zero attached hydrogens (tertiary/aromatic N) is 1. The number of methoxy groups -OCH3 is 1. The molecule has 0 aromatic rings. The number of likely N-dealkylation sites (tertiary alicyclic amines) is 1. The molecule has 3 heteroatoms. The van der Waals surface area contributed by atoms with E-state index in [1.54, 1.807) is 0 Å². The molecule has 2 N–H and O–H groups in total. The second kappa shape index (κ2) is 6.88. The van der Waals surface area contributed by atoms with Gasteiger partial charge in [-0.2, -0.15) is 0 Å². The number of rotatable bonds is 3. The van der Waals surface area contributed by atoms with E-state index in [-0.39, 0.29) is 0 Å². The van der Waals surface area contributed by atoms with Crippen LogP contribution >= 0.6 is 0 Å². The Bertz CT molecular complexity index is 247. The predicted molar refractivity (Wildman–Crippen MR) is 75.6 cm³/mol. The summed E-state index contributed by atoms with van der Waals surface area (Å²) < 4.78 is 5.65. The van der Waals surface area contributed by atoms with Crippen LogP contribution in [0.15, 0.2) is 0 Å². The van der Waals surface area contributed by atoms with E-state index in [4.69, 9.17) is 10.5 Å². The number of piperidine rings is 1. The minimum absolute atomic E-state index is 0.417. The Labute approximate surface area is 112 Å². The second-order valence-corrected chi connectivity index (χ2v) is 6.24. The van der Waals surface area contributed by atoms with Crippen LogP contribution in [0.3, 0.4) is 0 Å². The van der Waals surface area contributed by atoms with Gasteiger partial charge in [-0.1, -0.05) is 26.2 Å². The molecule has 0 aromatic carbocycles. The maximum Gasteiger partial charge on any atom is 0.0724 e. The molecular formula is C15H30N2O. The first kappa shape index (κ1) is 14.3. The van der Waals surface area contributed by atoms with Crippen molar-refractivity contribution in [1.29, 1.82) is 0 Å². The Morgan fingerprint density at radius 2 is 1.94 bits per heavy atom. The number of hydrogen-bond donors (Lipinski definition) is 1. The van der Waals surface area contributed by atoms with Crippen molar-refractivity contribution in [3.05, 3.63) is 0 Å². The van der Waals surface area contributed by atoms with Crippen LogP contribution in [0, 0.1) is 11.8 Å². The van der Waals surface area contributed by atoms with Crippen LogP contribution in [-0.2, 0) is 4.74 Å². The van der Waals surface area contributed by atoms with Crippen molar-refractivity contribution in [1.82, 2.24) is 4.90 Å². The first-order chi connectivity index (χ1) is 8.76. The van der Waals surface area contributed by atoms with Gasteiger partial charge in [0.05, 0.1) is 6.10 Å². The van der Waals surface area contributed by atoms with Crippen LogP contribution in [0.4, 0.5) is 0 Å². The van der Waals surface area contributed by atoms with Crippen molar-refractivity contribution in [2.45, 2.75) is 57.6 Å². The Kier molecular flexibility index (Phi) is 5.46. The molecule has 106 valence electrons. The molecule has 1 heterocycles. The zero-order valence-corrected chi connectivity index (χ0v) is 12.1. The molecule has 0 amide bonds. The monoisotopic (exact) mass is 254 g/mol. The standard InChI is InChI=1S/C15H30N2O/c1-12-8-9-17(11-15(12)18-2)14-7-5-3-4-6-13(14)10-16/h12-15H,3-11,16H2,1-2H3. The highest BCUT2D eigenvalue weighted by molar-refractivity contribution is 4.88. The van der Waals surface area contributed by atoms with E-state index in [1.807, 2.05) is 7.11 Å². The van der Waals surface area contributed by atoms with E-state index in [2.05, 4.69) is 11.8 Å². The zero-order valence-electron chi connectivity index (χ0n) is 12.1. The zero-order chi connectivity index (χ0) is 13.0. The molecule has 2 aliphatic rings. The molecule has 1 saturated heterocycles. The molecule has 2 fully saturated rings. The molecule has 4 unspecified atom stereocenters. The number of hydrogen-bond acceptors (Lipinski definition) is 3. The van der Waals surface area contributed by atoms with Gasteiger partial charge in [-0.05, 0) is 44.2 Å². The first-order valence-electron chi connectivity index (χ1n) is 7.73. The third-order valence-electron chi connectivity index (χ3n) is 5.11. The average Bonchev–Trinajstić information content (AvgIpc) is 2.64. The SMILES string of the molecule is COC1CN(C2CCCCCC2CN)CCC1C. The fourth-order valence-corrected chi connectivity index (χ4v) is 3.79. The molecule has 0 aromatic heterocycles. The minimum Gasteiger partial charge on any atom is -0.380 e.